The molecule has 1 aliphatic rings. The number of primary amides is 1. The Kier molecular flexibility index (Phi) is 5.08. The summed E-state index contributed by atoms with van der Waals surface area (Å²) >= 11 is 1.46. The lowest BCUT2D eigenvalue weighted by Gasteiger charge is -2.18. The van der Waals surface area contributed by atoms with Crippen molar-refractivity contribution in [3.63, 3.8) is 0 Å². The van der Waals surface area contributed by atoms with E-state index in [4.69, 9.17) is 10.5 Å². The van der Waals surface area contributed by atoms with Crippen molar-refractivity contribution >= 4 is 28.2 Å². The van der Waals surface area contributed by atoms with E-state index in [9.17, 15) is 9.59 Å². The Morgan fingerprint density at radius 3 is 2.72 bits per heavy atom. The molecule has 6 heteroatoms. The third kappa shape index (κ3) is 3.85. The van der Waals surface area contributed by atoms with Crippen molar-refractivity contribution in [3.8, 4) is 5.75 Å². The van der Waals surface area contributed by atoms with E-state index < -0.39 is 12.0 Å². The number of para-hydroxylation sites is 1. The number of fused-ring (bicyclic) bond motifs is 1. The van der Waals surface area contributed by atoms with Gasteiger partial charge >= 0.3 is 0 Å². The van der Waals surface area contributed by atoms with Crippen LogP contribution in [0.5, 0.6) is 5.75 Å². The molecule has 2 atom stereocenters. The van der Waals surface area contributed by atoms with E-state index in [2.05, 4.69) is 12.2 Å². The minimum absolute atomic E-state index is 0.294. The van der Waals surface area contributed by atoms with Crippen molar-refractivity contribution < 1.29 is 14.3 Å². The number of hydrogen-bond donors (Lipinski definition) is 2. The molecule has 0 bridgehead atoms. The highest BCUT2D eigenvalue weighted by atomic mass is 32.1. The number of hydrogen-bond acceptors (Lipinski definition) is 4. The molecular weight excluding hydrogens is 336 g/mol. The summed E-state index contributed by atoms with van der Waals surface area (Å²) in [6.07, 6.45) is 2.11. The Morgan fingerprint density at radius 1 is 1.32 bits per heavy atom. The fourth-order valence-electron chi connectivity index (χ4n) is 3.07. The Labute approximate surface area is 151 Å². The number of amides is 2. The van der Waals surface area contributed by atoms with Gasteiger partial charge in [0.25, 0.3) is 11.8 Å². The molecule has 0 radical (unpaired) electrons. The van der Waals surface area contributed by atoms with Crippen LogP contribution in [0.3, 0.4) is 0 Å². The maximum atomic E-state index is 12.5. The Morgan fingerprint density at radius 2 is 2.04 bits per heavy atom. The van der Waals surface area contributed by atoms with Gasteiger partial charge in [0.2, 0.25) is 0 Å². The lowest BCUT2D eigenvalue weighted by Crippen LogP contribution is -2.30. The van der Waals surface area contributed by atoms with Gasteiger partial charge in [-0.15, -0.1) is 11.3 Å². The standard InChI is InChI=1S/C19H22N2O3S/c1-11-8-9-14-15(10-11)25-19(16(14)17(20)22)21-18(23)12(2)24-13-6-4-3-5-7-13/h3-7,11-12H,8-10H2,1-2H3,(H2,20,22)(H,21,23)/t11-,12+/m1/s1. The third-order valence-electron chi connectivity index (χ3n) is 4.42. The number of nitrogens with two attached hydrogens (primary N) is 1. The fourth-order valence-corrected chi connectivity index (χ4v) is 4.49. The summed E-state index contributed by atoms with van der Waals surface area (Å²) in [6, 6.07) is 9.17. The molecule has 0 saturated heterocycles. The first-order valence-electron chi connectivity index (χ1n) is 8.42. The van der Waals surface area contributed by atoms with Gasteiger partial charge in [0.05, 0.1) is 5.56 Å². The Bertz CT molecular complexity index is 785. The summed E-state index contributed by atoms with van der Waals surface area (Å²) in [6.45, 7) is 3.88. The van der Waals surface area contributed by atoms with Crippen molar-refractivity contribution in [2.24, 2.45) is 11.7 Å². The zero-order chi connectivity index (χ0) is 18.0. The summed E-state index contributed by atoms with van der Waals surface area (Å²) in [5.74, 6) is 0.423. The quantitative estimate of drug-likeness (QED) is 0.860. The Hall–Kier alpha value is -2.34. The minimum atomic E-state index is -0.679. The first-order chi connectivity index (χ1) is 12.0. The highest BCUT2D eigenvalue weighted by Gasteiger charge is 2.28. The first-order valence-corrected chi connectivity index (χ1v) is 9.24. The molecule has 1 aromatic heterocycles. The molecule has 25 heavy (non-hydrogen) atoms. The molecule has 2 amide bonds. The zero-order valence-corrected chi connectivity index (χ0v) is 15.2. The maximum Gasteiger partial charge on any atom is 0.265 e. The number of thiophene rings is 1. The van der Waals surface area contributed by atoms with Crippen LogP contribution in [-0.2, 0) is 17.6 Å². The molecule has 1 heterocycles. The minimum Gasteiger partial charge on any atom is -0.481 e. The molecule has 0 unspecified atom stereocenters. The summed E-state index contributed by atoms with van der Waals surface area (Å²) in [5, 5.41) is 3.38. The van der Waals surface area contributed by atoms with Crippen molar-refractivity contribution in [2.75, 3.05) is 5.32 Å². The number of benzene rings is 1. The second kappa shape index (κ2) is 7.27. The van der Waals surface area contributed by atoms with Crippen LogP contribution in [0.15, 0.2) is 30.3 Å². The average Bonchev–Trinajstić information content (AvgIpc) is 2.92. The normalized spacial score (nSPS) is 17.4. The van der Waals surface area contributed by atoms with E-state index in [1.165, 1.54) is 11.3 Å². The summed E-state index contributed by atoms with van der Waals surface area (Å²) in [7, 11) is 0. The van der Waals surface area contributed by atoms with Crippen LogP contribution >= 0.6 is 11.3 Å². The van der Waals surface area contributed by atoms with Crippen molar-refractivity contribution in [1.82, 2.24) is 0 Å². The van der Waals surface area contributed by atoms with Crippen molar-refractivity contribution in [3.05, 3.63) is 46.3 Å². The van der Waals surface area contributed by atoms with Gasteiger partial charge in [-0.1, -0.05) is 25.1 Å². The molecule has 2 aromatic rings. The number of carbonyl (C=O) groups excluding carboxylic acids is 2. The van der Waals surface area contributed by atoms with Gasteiger partial charge in [-0.25, -0.2) is 0 Å². The smallest absolute Gasteiger partial charge is 0.265 e. The highest BCUT2D eigenvalue weighted by Crippen LogP contribution is 2.39. The maximum absolute atomic E-state index is 12.5. The molecule has 0 aliphatic heterocycles. The molecule has 132 valence electrons. The largest absolute Gasteiger partial charge is 0.481 e. The van der Waals surface area contributed by atoms with Crippen LogP contribution < -0.4 is 15.8 Å². The van der Waals surface area contributed by atoms with Gasteiger partial charge < -0.3 is 15.8 Å². The molecule has 1 aromatic carbocycles. The van der Waals surface area contributed by atoms with Crippen LogP contribution in [0.2, 0.25) is 0 Å². The van der Waals surface area contributed by atoms with Crippen LogP contribution in [0.4, 0.5) is 5.00 Å². The highest BCUT2D eigenvalue weighted by molar-refractivity contribution is 7.17. The van der Waals surface area contributed by atoms with E-state index in [0.29, 0.717) is 22.2 Å². The molecule has 0 saturated carbocycles. The van der Waals surface area contributed by atoms with Crippen molar-refractivity contribution in [1.29, 1.82) is 0 Å². The van der Waals surface area contributed by atoms with Crippen LogP contribution in [0.1, 0.15) is 41.1 Å². The average molecular weight is 358 g/mol. The van der Waals surface area contributed by atoms with Gasteiger partial charge in [-0.05, 0) is 49.8 Å². The molecule has 5 nitrogen and oxygen atoms in total. The van der Waals surface area contributed by atoms with Crippen LogP contribution in [-0.4, -0.2) is 17.9 Å². The SMILES string of the molecule is C[C@@H]1CCc2c(sc(NC(=O)[C@H](C)Oc3ccccc3)c2C(N)=O)C1. The zero-order valence-electron chi connectivity index (χ0n) is 14.4. The van der Waals surface area contributed by atoms with Gasteiger partial charge in [0.1, 0.15) is 10.8 Å². The molecule has 0 fully saturated rings. The van der Waals surface area contributed by atoms with E-state index in [0.717, 1.165) is 29.7 Å². The second-order valence-corrected chi connectivity index (χ2v) is 7.59. The predicted molar refractivity (Wildman–Crippen MR) is 99.2 cm³/mol. The predicted octanol–water partition coefficient (Wildman–Crippen LogP) is 3.38. The third-order valence-corrected chi connectivity index (χ3v) is 5.59. The summed E-state index contributed by atoms with van der Waals surface area (Å²) in [5.41, 5.74) is 7.05. The lowest BCUT2D eigenvalue weighted by atomic mass is 9.88. The molecule has 3 N–H and O–H groups in total. The summed E-state index contributed by atoms with van der Waals surface area (Å²) in [4.78, 5) is 25.6. The lowest BCUT2D eigenvalue weighted by molar-refractivity contribution is -0.122. The van der Waals surface area contributed by atoms with Gasteiger partial charge in [-0.2, -0.15) is 0 Å². The van der Waals surface area contributed by atoms with E-state index in [-0.39, 0.29) is 5.91 Å². The number of ether oxygens (including phenoxy) is 1. The van der Waals surface area contributed by atoms with Crippen LogP contribution in [0.25, 0.3) is 0 Å². The van der Waals surface area contributed by atoms with Crippen LogP contribution in [0, 0.1) is 5.92 Å². The second-order valence-electron chi connectivity index (χ2n) is 6.48. The van der Waals surface area contributed by atoms with Crippen molar-refractivity contribution in [2.45, 2.75) is 39.2 Å². The topological polar surface area (TPSA) is 81.4 Å². The number of nitrogens with one attached hydrogen (secondary N) is 1. The van der Waals surface area contributed by atoms with E-state index in [1.807, 2.05) is 18.2 Å². The molecule has 1 aliphatic carbocycles. The van der Waals surface area contributed by atoms with Gasteiger partial charge in [0.15, 0.2) is 6.10 Å². The fraction of sp³-hybridized carbons (Fsp3) is 0.368. The first kappa shape index (κ1) is 17.5. The monoisotopic (exact) mass is 358 g/mol. The molecule has 3 rings (SSSR count). The summed E-state index contributed by atoms with van der Waals surface area (Å²) < 4.78 is 5.64. The molecular formula is C19H22N2O3S. The molecule has 0 spiro atoms. The number of carbonyl (C=O) groups is 2. The van der Waals surface area contributed by atoms with E-state index in [1.54, 1.807) is 19.1 Å². The number of rotatable bonds is 5. The van der Waals surface area contributed by atoms with Gasteiger partial charge in [0, 0.05) is 4.88 Å². The number of anilines is 1. The van der Waals surface area contributed by atoms with E-state index >= 15 is 0 Å². The Balaban J connectivity index is 1.78. The van der Waals surface area contributed by atoms with Gasteiger partial charge in [-0.3, -0.25) is 9.59 Å².